The fourth-order valence-corrected chi connectivity index (χ4v) is 10.2. The summed E-state index contributed by atoms with van der Waals surface area (Å²) in [4.78, 5) is 24.5. The van der Waals surface area contributed by atoms with Crippen molar-refractivity contribution < 1.29 is 24.5 Å². The molecule has 6 heteroatoms. The predicted octanol–water partition coefficient (Wildman–Crippen LogP) is 20.0. The molecule has 0 saturated heterocycles. The van der Waals surface area contributed by atoms with Crippen LogP contribution in [0.15, 0.2) is 12.2 Å². The van der Waals surface area contributed by atoms with Crippen LogP contribution in [0.3, 0.4) is 0 Å². The molecule has 0 rings (SSSR count). The Kier molecular flexibility index (Phi) is 59.0. The van der Waals surface area contributed by atoms with Crippen LogP contribution >= 0.6 is 0 Å². The van der Waals surface area contributed by atoms with E-state index in [1.807, 2.05) is 0 Å². The first kappa shape index (κ1) is 68.6. The topological polar surface area (TPSA) is 95.9 Å². The summed E-state index contributed by atoms with van der Waals surface area (Å²) in [5.41, 5.74) is 0. The molecule has 416 valence electrons. The van der Waals surface area contributed by atoms with Gasteiger partial charge in [0.05, 0.1) is 25.4 Å². The highest BCUT2D eigenvalue weighted by Crippen LogP contribution is 2.18. The summed E-state index contributed by atoms with van der Waals surface area (Å²) in [5, 5.41) is 23.2. The number of carbonyl (C=O) groups is 2. The molecule has 0 spiro atoms. The number of nitrogens with one attached hydrogen (secondary N) is 1. The van der Waals surface area contributed by atoms with Crippen LogP contribution in [-0.2, 0) is 14.3 Å². The van der Waals surface area contributed by atoms with Crippen molar-refractivity contribution in [3.8, 4) is 0 Å². The number of allylic oxidation sites excluding steroid dienone is 2. The zero-order valence-corrected chi connectivity index (χ0v) is 47.5. The molecule has 0 aliphatic heterocycles. The van der Waals surface area contributed by atoms with E-state index in [1.165, 1.54) is 283 Å². The molecule has 70 heavy (non-hydrogen) atoms. The third-order valence-corrected chi connectivity index (χ3v) is 15.1. The van der Waals surface area contributed by atoms with Gasteiger partial charge >= 0.3 is 5.97 Å². The van der Waals surface area contributed by atoms with Crippen molar-refractivity contribution in [3.05, 3.63) is 12.2 Å². The highest BCUT2D eigenvalue weighted by atomic mass is 16.5. The second-order valence-electron chi connectivity index (χ2n) is 22.1. The van der Waals surface area contributed by atoms with Crippen molar-refractivity contribution in [2.45, 2.75) is 373 Å². The van der Waals surface area contributed by atoms with E-state index in [0.29, 0.717) is 25.9 Å². The number of aliphatic hydroxyl groups is 2. The second kappa shape index (κ2) is 60.2. The highest BCUT2D eigenvalue weighted by molar-refractivity contribution is 5.76. The molecule has 0 aromatic carbocycles. The summed E-state index contributed by atoms with van der Waals surface area (Å²) < 4.78 is 5.47. The zero-order chi connectivity index (χ0) is 50.7. The van der Waals surface area contributed by atoms with Crippen LogP contribution in [0.4, 0.5) is 0 Å². The summed E-state index contributed by atoms with van der Waals surface area (Å²) in [7, 11) is 0. The van der Waals surface area contributed by atoms with Crippen LogP contribution in [0, 0.1) is 0 Å². The van der Waals surface area contributed by atoms with Crippen LogP contribution in [0.2, 0.25) is 0 Å². The zero-order valence-electron chi connectivity index (χ0n) is 47.5. The van der Waals surface area contributed by atoms with Crippen LogP contribution in [-0.4, -0.2) is 47.4 Å². The third kappa shape index (κ3) is 55.9. The SMILES string of the molecule is CCCCC/C=C\CCCCCCCC(=O)OCCCCCCCCCCCCCCCCCCCCCCCCCCCCCCCC(=O)NC(CO)C(O)CCCCCCCCCCCCCC. The van der Waals surface area contributed by atoms with E-state index in [4.69, 9.17) is 4.74 Å². The van der Waals surface area contributed by atoms with Gasteiger partial charge in [0, 0.05) is 12.8 Å². The van der Waals surface area contributed by atoms with Gasteiger partial charge < -0.3 is 20.3 Å². The molecule has 0 saturated carbocycles. The van der Waals surface area contributed by atoms with Crippen LogP contribution in [0.1, 0.15) is 361 Å². The van der Waals surface area contributed by atoms with E-state index in [2.05, 4.69) is 31.3 Å². The number of aliphatic hydroxyl groups excluding tert-OH is 2. The first-order chi connectivity index (χ1) is 34.5. The van der Waals surface area contributed by atoms with Crippen molar-refractivity contribution >= 4 is 11.9 Å². The lowest BCUT2D eigenvalue weighted by molar-refractivity contribution is -0.143. The van der Waals surface area contributed by atoms with Gasteiger partial charge in [0.1, 0.15) is 0 Å². The molecule has 0 heterocycles. The Morgan fingerprint density at radius 2 is 0.671 bits per heavy atom. The Labute approximate surface area is 438 Å². The molecule has 0 aromatic rings. The molecule has 0 aliphatic carbocycles. The van der Waals surface area contributed by atoms with E-state index in [-0.39, 0.29) is 18.5 Å². The molecule has 3 N–H and O–H groups in total. The van der Waals surface area contributed by atoms with Gasteiger partial charge in [-0.05, 0) is 51.4 Å². The highest BCUT2D eigenvalue weighted by Gasteiger charge is 2.20. The number of rotatable bonds is 60. The number of esters is 1. The van der Waals surface area contributed by atoms with E-state index >= 15 is 0 Å². The summed E-state index contributed by atoms with van der Waals surface area (Å²) in [5.74, 6) is -0.0203. The van der Waals surface area contributed by atoms with Gasteiger partial charge in [0.15, 0.2) is 0 Å². The van der Waals surface area contributed by atoms with Crippen LogP contribution in [0.5, 0.6) is 0 Å². The minimum absolute atomic E-state index is 0.00979. The van der Waals surface area contributed by atoms with Gasteiger partial charge in [-0.3, -0.25) is 9.59 Å². The average Bonchev–Trinajstić information content (AvgIpc) is 3.36. The molecular formula is C64H125NO5. The Bertz CT molecular complexity index is 1050. The fourth-order valence-electron chi connectivity index (χ4n) is 10.2. The monoisotopic (exact) mass is 988 g/mol. The number of ether oxygens (including phenoxy) is 1. The van der Waals surface area contributed by atoms with Gasteiger partial charge in [0.25, 0.3) is 0 Å². The van der Waals surface area contributed by atoms with Crippen LogP contribution in [0.25, 0.3) is 0 Å². The minimum Gasteiger partial charge on any atom is -0.466 e. The molecule has 0 bridgehead atoms. The van der Waals surface area contributed by atoms with E-state index < -0.39 is 12.1 Å². The first-order valence-electron chi connectivity index (χ1n) is 31.9. The van der Waals surface area contributed by atoms with E-state index in [1.54, 1.807) is 0 Å². The van der Waals surface area contributed by atoms with Gasteiger partial charge in [-0.2, -0.15) is 0 Å². The molecule has 1 amide bonds. The lowest BCUT2D eigenvalue weighted by atomic mass is 10.0. The second-order valence-corrected chi connectivity index (χ2v) is 22.1. The summed E-state index contributed by atoms with van der Waals surface area (Å²) in [6.45, 7) is 4.95. The average molecular weight is 989 g/mol. The molecule has 0 radical (unpaired) electrons. The number of hydrogen-bond acceptors (Lipinski definition) is 5. The predicted molar refractivity (Wildman–Crippen MR) is 306 cm³/mol. The van der Waals surface area contributed by atoms with Gasteiger partial charge in [-0.25, -0.2) is 0 Å². The normalized spacial score (nSPS) is 12.6. The van der Waals surface area contributed by atoms with Gasteiger partial charge in [-0.15, -0.1) is 0 Å². The lowest BCUT2D eigenvalue weighted by Gasteiger charge is -2.22. The van der Waals surface area contributed by atoms with Gasteiger partial charge in [-0.1, -0.05) is 309 Å². The first-order valence-corrected chi connectivity index (χ1v) is 31.9. The van der Waals surface area contributed by atoms with Crippen molar-refractivity contribution in [3.63, 3.8) is 0 Å². The quantitative estimate of drug-likeness (QED) is 0.0321. The standard InChI is InChI=1S/C64H125NO5/c1-3-5-7-9-11-13-15-36-40-44-48-52-56-62(67)61(60-66)65-63(68)57-53-49-45-41-37-34-32-30-28-26-24-22-20-18-17-19-21-23-25-27-29-31-33-35-39-43-47-51-55-59-70-64(69)58-54-50-46-42-38-16-14-12-10-8-6-4-2/h12,14,61-62,66-67H,3-11,13,15-60H2,1-2H3,(H,65,68)/b14-12-. The molecular weight excluding hydrogens is 863 g/mol. The van der Waals surface area contributed by atoms with Crippen molar-refractivity contribution in [1.29, 1.82) is 0 Å². The number of amides is 1. The lowest BCUT2D eigenvalue weighted by Crippen LogP contribution is -2.45. The van der Waals surface area contributed by atoms with Gasteiger partial charge in [0.2, 0.25) is 5.91 Å². The fraction of sp³-hybridized carbons (Fsp3) is 0.938. The van der Waals surface area contributed by atoms with Crippen LogP contribution < -0.4 is 5.32 Å². The Morgan fingerprint density at radius 1 is 0.386 bits per heavy atom. The Morgan fingerprint density at radius 3 is 1.04 bits per heavy atom. The van der Waals surface area contributed by atoms with E-state index in [9.17, 15) is 19.8 Å². The van der Waals surface area contributed by atoms with E-state index in [0.717, 1.165) is 44.9 Å². The van der Waals surface area contributed by atoms with Crippen molar-refractivity contribution in [2.75, 3.05) is 13.2 Å². The largest absolute Gasteiger partial charge is 0.466 e. The molecule has 2 unspecified atom stereocenters. The molecule has 0 aliphatic rings. The molecule has 6 nitrogen and oxygen atoms in total. The minimum atomic E-state index is -0.660. The third-order valence-electron chi connectivity index (χ3n) is 15.1. The maximum absolute atomic E-state index is 12.5. The Hall–Kier alpha value is -1.40. The maximum Gasteiger partial charge on any atom is 0.305 e. The van der Waals surface area contributed by atoms with Crippen molar-refractivity contribution in [1.82, 2.24) is 5.32 Å². The number of carbonyl (C=O) groups excluding carboxylic acids is 2. The molecule has 2 atom stereocenters. The maximum atomic E-state index is 12.5. The molecule has 0 aromatic heterocycles. The number of unbranched alkanes of at least 4 members (excludes halogenated alkanes) is 47. The summed E-state index contributed by atoms with van der Waals surface area (Å²) in [6, 6.07) is -0.537. The van der Waals surface area contributed by atoms with Crippen molar-refractivity contribution in [2.24, 2.45) is 0 Å². The smallest absolute Gasteiger partial charge is 0.305 e. The number of hydrogen-bond donors (Lipinski definition) is 3. The summed E-state index contributed by atoms with van der Waals surface area (Å²) >= 11 is 0. The molecule has 0 fully saturated rings. The summed E-state index contributed by atoms with van der Waals surface area (Å²) in [6.07, 6.45) is 72.4. The Balaban J connectivity index is 3.31.